The van der Waals surface area contributed by atoms with Gasteiger partial charge in [0, 0.05) is 41.2 Å². The largest absolute Gasteiger partial charge is 0.357 e. The number of rotatable bonds is 5. The molecular weight excluding hydrogens is 538 g/mol. The van der Waals surface area contributed by atoms with Gasteiger partial charge in [0.05, 0.1) is 6.54 Å². The number of carbonyl (C=O) groups excluding carboxylic acids is 1. The summed E-state index contributed by atoms with van der Waals surface area (Å²) in [5.41, 5.74) is 2.49. The van der Waals surface area contributed by atoms with Crippen molar-refractivity contribution in [2.75, 3.05) is 18.4 Å². The van der Waals surface area contributed by atoms with Gasteiger partial charge in [-0.2, -0.15) is 0 Å². The van der Waals surface area contributed by atoms with Gasteiger partial charge in [-0.1, -0.05) is 34.1 Å². The summed E-state index contributed by atoms with van der Waals surface area (Å²) in [6.07, 6.45) is 0.420. The molecule has 0 fully saturated rings. The Morgan fingerprint density at radius 2 is 2.07 bits per heavy atom. The van der Waals surface area contributed by atoms with Gasteiger partial charge in [-0.3, -0.25) is 4.79 Å². The summed E-state index contributed by atoms with van der Waals surface area (Å²) in [4.78, 5) is 16.4. The number of nitrogens with one attached hydrogen (secondary N) is 3. The van der Waals surface area contributed by atoms with Crippen LogP contribution in [0.15, 0.2) is 51.9 Å². The molecule has 1 unspecified atom stereocenters. The quantitative estimate of drug-likeness (QED) is 0.289. The number of hydrogen-bond acceptors (Lipinski definition) is 2. The average molecular weight is 561 g/mol. The van der Waals surface area contributed by atoms with E-state index < -0.39 is 0 Å². The van der Waals surface area contributed by atoms with Crippen molar-refractivity contribution in [1.82, 2.24) is 10.6 Å². The smallest absolute Gasteiger partial charge is 0.225 e. The number of fused-ring (bicyclic) bond motifs is 1. The number of aliphatic imine (C=N–C) groups is 1. The van der Waals surface area contributed by atoms with E-state index in [-0.39, 0.29) is 48.2 Å². The standard InChI is InChI=1S/C20H22BrFN4O.HI/c1-2-23-20(25-12-14-9-15(21)7-8-17(14)22)24-11-13-10-19(27)26-18-6-4-3-5-16(13)18;/h3-9,13H,2,10-12H2,1H3,(H,26,27)(H2,23,24,25);1H. The van der Waals surface area contributed by atoms with Gasteiger partial charge in [0.15, 0.2) is 5.96 Å². The third kappa shape index (κ3) is 5.91. The van der Waals surface area contributed by atoms with Gasteiger partial charge in [0.1, 0.15) is 5.82 Å². The highest BCUT2D eigenvalue weighted by molar-refractivity contribution is 14.0. The third-order valence-electron chi connectivity index (χ3n) is 4.38. The van der Waals surface area contributed by atoms with Gasteiger partial charge in [-0.25, -0.2) is 9.38 Å². The molecule has 0 saturated heterocycles. The first-order valence-corrected chi connectivity index (χ1v) is 9.71. The third-order valence-corrected chi connectivity index (χ3v) is 4.88. The highest BCUT2D eigenvalue weighted by Gasteiger charge is 2.24. The Bertz CT molecular complexity index is 862. The molecule has 0 aromatic heterocycles. The SMILES string of the molecule is CCNC(=NCc1cc(Br)ccc1F)NCC1CC(=O)Nc2ccccc21.I. The molecule has 0 aliphatic carbocycles. The molecule has 150 valence electrons. The van der Waals surface area contributed by atoms with Crippen LogP contribution >= 0.6 is 39.9 Å². The second-order valence-electron chi connectivity index (χ2n) is 6.35. The number of nitrogens with zero attached hydrogens (tertiary/aromatic N) is 1. The summed E-state index contributed by atoms with van der Waals surface area (Å²) in [6, 6.07) is 12.6. The molecular formula is C20H23BrFIN4O. The van der Waals surface area contributed by atoms with E-state index in [0.29, 0.717) is 31.0 Å². The van der Waals surface area contributed by atoms with Gasteiger partial charge in [-0.05, 0) is 36.8 Å². The second kappa shape index (κ2) is 10.8. The van der Waals surface area contributed by atoms with Gasteiger partial charge in [-0.15, -0.1) is 24.0 Å². The van der Waals surface area contributed by atoms with Crippen molar-refractivity contribution in [1.29, 1.82) is 0 Å². The lowest BCUT2D eigenvalue weighted by Crippen LogP contribution is -2.40. The highest BCUT2D eigenvalue weighted by Crippen LogP contribution is 2.31. The number of halogens is 3. The first-order valence-electron chi connectivity index (χ1n) is 8.91. The van der Waals surface area contributed by atoms with Crippen LogP contribution in [0.3, 0.4) is 0 Å². The first-order chi connectivity index (χ1) is 13.1. The zero-order chi connectivity index (χ0) is 19.2. The van der Waals surface area contributed by atoms with E-state index >= 15 is 0 Å². The average Bonchev–Trinajstić information content (AvgIpc) is 2.66. The van der Waals surface area contributed by atoms with Crippen LogP contribution in [0.1, 0.15) is 30.4 Å². The lowest BCUT2D eigenvalue weighted by atomic mass is 9.90. The van der Waals surface area contributed by atoms with E-state index in [1.165, 1.54) is 6.07 Å². The molecule has 28 heavy (non-hydrogen) atoms. The Morgan fingerprint density at radius 3 is 2.86 bits per heavy atom. The minimum Gasteiger partial charge on any atom is -0.357 e. The molecule has 1 aliphatic heterocycles. The molecule has 1 aliphatic rings. The van der Waals surface area contributed by atoms with Crippen molar-refractivity contribution < 1.29 is 9.18 Å². The van der Waals surface area contributed by atoms with Crippen molar-refractivity contribution in [3.63, 3.8) is 0 Å². The maximum absolute atomic E-state index is 13.9. The van der Waals surface area contributed by atoms with Crippen LogP contribution in [0.25, 0.3) is 0 Å². The Labute approximate surface area is 189 Å². The molecule has 1 amide bonds. The molecule has 1 atom stereocenters. The van der Waals surface area contributed by atoms with Crippen molar-refractivity contribution in [2.45, 2.75) is 25.8 Å². The maximum atomic E-state index is 13.9. The molecule has 5 nitrogen and oxygen atoms in total. The zero-order valence-corrected chi connectivity index (χ0v) is 19.4. The highest BCUT2D eigenvalue weighted by atomic mass is 127. The van der Waals surface area contributed by atoms with Gasteiger partial charge < -0.3 is 16.0 Å². The molecule has 0 saturated carbocycles. The lowest BCUT2D eigenvalue weighted by Gasteiger charge is -2.26. The van der Waals surface area contributed by atoms with Crippen LogP contribution < -0.4 is 16.0 Å². The second-order valence-corrected chi connectivity index (χ2v) is 7.26. The molecule has 3 rings (SSSR count). The van der Waals surface area contributed by atoms with Crippen LogP contribution in [0, 0.1) is 5.82 Å². The van der Waals surface area contributed by atoms with Crippen LogP contribution in [-0.4, -0.2) is 25.0 Å². The number of hydrogen-bond donors (Lipinski definition) is 3. The number of carbonyl (C=O) groups is 1. The number of para-hydroxylation sites is 1. The minimum atomic E-state index is -0.282. The molecule has 3 N–H and O–H groups in total. The molecule has 0 spiro atoms. The summed E-state index contributed by atoms with van der Waals surface area (Å²) in [7, 11) is 0. The Hall–Kier alpha value is -1.68. The summed E-state index contributed by atoms with van der Waals surface area (Å²) in [5, 5.41) is 9.35. The van der Waals surface area contributed by atoms with E-state index in [0.717, 1.165) is 15.7 Å². The fraction of sp³-hybridized carbons (Fsp3) is 0.300. The fourth-order valence-electron chi connectivity index (χ4n) is 3.07. The van der Waals surface area contributed by atoms with E-state index in [1.54, 1.807) is 12.1 Å². The van der Waals surface area contributed by atoms with Crippen molar-refractivity contribution in [3.05, 3.63) is 63.9 Å². The molecule has 0 bridgehead atoms. The summed E-state index contributed by atoms with van der Waals surface area (Å²) >= 11 is 3.35. The van der Waals surface area contributed by atoms with E-state index in [1.807, 2.05) is 31.2 Å². The normalized spacial score (nSPS) is 15.9. The van der Waals surface area contributed by atoms with Crippen LogP contribution in [0.5, 0.6) is 0 Å². The summed E-state index contributed by atoms with van der Waals surface area (Å²) in [5.74, 6) is 0.385. The topological polar surface area (TPSA) is 65.5 Å². The monoisotopic (exact) mass is 560 g/mol. The van der Waals surface area contributed by atoms with E-state index in [9.17, 15) is 9.18 Å². The number of amides is 1. The molecule has 8 heteroatoms. The molecule has 1 heterocycles. The first kappa shape index (κ1) is 22.6. The minimum absolute atomic E-state index is 0. The van der Waals surface area contributed by atoms with Crippen LogP contribution in [0.4, 0.5) is 10.1 Å². The number of guanidine groups is 1. The zero-order valence-electron chi connectivity index (χ0n) is 15.5. The molecule has 0 radical (unpaired) electrons. The van der Waals surface area contributed by atoms with Crippen molar-refractivity contribution in [2.24, 2.45) is 4.99 Å². The van der Waals surface area contributed by atoms with Gasteiger partial charge >= 0.3 is 0 Å². The molecule has 2 aromatic carbocycles. The van der Waals surface area contributed by atoms with Crippen LogP contribution in [-0.2, 0) is 11.3 Å². The Balaban J connectivity index is 0.00000280. The lowest BCUT2D eigenvalue weighted by molar-refractivity contribution is -0.116. The van der Waals surface area contributed by atoms with E-state index in [4.69, 9.17) is 0 Å². The number of anilines is 1. The van der Waals surface area contributed by atoms with Crippen molar-refractivity contribution >= 4 is 57.5 Å². The summed E-state index contributed by atoms with van der Waals surface area (Å²) < 4.78 is 14.7. The van der Waals surface area contributed by atoms with Gasteiger partial charge in [0.2, 0.25) is 5.91 Å². The Kier molecular flexibility index (Phi) is 8.68. The fourth-order valence-corrected chi connectivity index (χ4v) is 3.48. The molecule has 2 aromatic rings. The predicted octanol–water partition coefficient (Wildman–Crippen LogP) is 4.39. The van der Waals surface area contributed by atoms with Crippen LogP contribution in [0.2, 0.25) is 0 Å². The van der Waals surface area contributed by atoms with Gasteiger partial charge in [0.25, 0.3) is 0 Å². The summed E-state index contributed by atoms with van der Waals surface area (Å²) in [6.45, 7) is 3.45. The predicted molar refractivity (Wildman–Crippen MR) is 125 cm³/mol. The maximum Gasteiger partial charge on any atom is 0.225 e. The Morgan fingerprint density at radius 1 is 1.29 bits per heavy atom. The number of benzene rings is 2. The van der Waals surface area contributed by atoms with E-state index in [2.05, 4.69) is 36.9 Å². The van der Waals surface area contributed by atoms with Crippen molar-refractivity contribution in [3.8, 4) is 0 Å².